The number of rotatable bonds is 7. The first-order valence-electron chi connectivity index (χ1n) is 11.3. The molecule has 2 aliphatic rings. The second-order valence-corrected chi connectivity index (χ2v) is 8.91. The van der Waals surface area contributed by atoms with Crippen LogP contribution in [0, 0.1) is 17.7 Å². The van der Waals surface area contributed by atoms with Crippen molar-refractivity contribution in [3.63, 3.8) is 0 Å². The van der Waals surface area contributed by atoms with E-state index in [2.05, 4.69) is 38.8 Å². The second-order valence-electron chi connectivity index (χ2n) is 8.91. The number of nitrogens with one attached hydrogen (secondary N) is 1. The van der Waals surface area contributed by atoms with Crippen molar-refractivity contribution in [3.8, 4) is 5.75 Å². The Morgan fingerprint density at radius 2 is 2.16 bits per heavy atom. The number of aromatic nitrogens is 3. The van der Waals surface area contributed by atoms with Gasteiger partial charge in [0.1, 0.15) is 5.82 Å². The summed E-state index contributed by atoms with van der Waals surface area (Å²) in [5.41, 5.74) is 1.01. The number of ether oxygens (including phenoxy) is 2. The zero-order valence-corrected chi connectivity index (χ0v) is 19.0. The number of benzene rings is 1. The lowest BCUT2D eigenvalue weighted by molar-refractivity contribution is -0.126. The Labute approximate surface area is 188 Å². The van der Waals surface area contributed by atoms with Gasteiger partial charge in [-0.1, -0.05) is 19.9 Å². The molecule has 1 fully saturated rings. The van der Waals surface area contributed by atoms with E-state index in [1.165, 1.54) is 13.2 Å². The van der Waals surface area contributed by atoms with Crippen LogP contribution >= 0.6 is 0 Å². The van der Waals surface area contributed by atoms with Crippen LogP contribution in [0.25, 0.3) is 0 Å². The van der Waals surface area contributed by atoms with Crippen LogP contribution in [0.1, 0.15) is 43.5 Å². The summed E-state index contributed by atoms with van der Waals surface area (Å²) >= 11 is 0. The van der Waals surface area contributed by atoms with Crippen LogP contribution < -0.4 is 10.1 Å². The van der Waals surface area contributed by atoms with E-state index in [0.29, 0.717) is 19.8 Å². The minimum atomic E-state index is -0.353. The highest BCUT2D eigenvalue weighted by molar-refractivity contribution is 5.79. The monoisotopic (exact) mass is 445 g/mol. The van der Waals surface area contributed by atoms with Gasteiger partial charge in [-0.25, -0.2) is 4.39 Å². The maximum absolute atomic E-state index is 13.7. The number of amides is 1. The maximum atomic E-state index is 13.7. The molecule has 1 saturated heterocycles. The summed E-state index contributed by atoms with van der Waals surface area (Å²) < 4.78 is 26.4. The molecule has 2 atom stereocenters. The summed E-state index contributed by atoms with van der Waals surface area (Å²) in [4.78, 5) is 15.1. The van der Waals surface area contributed by atoms with E-state index in [9.17, 15) is 9.18 Å². The molecule has 1 aromatic heterocycles. The molecule has 174 valence electrons. The lowest BCUT2D eigenvalue weighted by Crippen LogP contribution is -2.38. The molecule has 2 aromatic rings. The first-order chi connectivity index (χ1) is 15.5. The fraction of sp³-hybridized carbons (Fsp3) is 0.609. The van der Waals surface area contributed by atoms with Gasteiger partial charge in [0, 0.05) is 39.2 Å². The molecule has 4 rings (SSSR count). The highest BCUT2D eigenvalue weighted by Crippen LogP contribution is 2.25. The highest BCUT2D eigenvalue weighted by atomic mass is 19.1. The third-order valence-electron chi connectivity index (χ3n) is 6.31. The van der Waals surface area contributed by atoms with Gasteiger partial charge in [0.2, 0.25) is 5.91 Å². The molecule has 2 aliphatic heterocycles. The molecule has 3 heterocycles. The highest BCUT2D eigenvalue weighted by Gasteiger charge is 2.31. The van der Waals surface area contributed by atoms with Gasteiger partial charge in [0.05, 0.1) is 25.7 Å². The van der Waals surface area contributed by atoms with Crippen LogP contribution in [-0.2, 0) is 29.0 Å². The summed E-state index contributed by atoms with van der Waals surface area (Å²) in [5, 5.41) is 12.1. The van der Waals surface area contributed by atoms with Crippen LogP contribution in [0.15, 0.2) is 18.2 Å². The standard InChI is InChI=1S/C23H32FN5O3/c1-15(2)21(25-23(30)17-7-11-32-14-17)22-27-26-20-6-8-28(9-10-29(20)22)13-16-4-5-18(24)19(12-16)31-3/h4-5,12,15,17,21H,6-11,13-14H2,1-3H3,(H,25,30). The number of carbonyl (C=O) groups is 1. The SMILES string of the molecule is COc1cc(CN2CCc3nnc(C(NC(=O)C4CCOC4)C(C)C)n3CC2)ccc1F. The Bertz CT molecular complexity index is 942. The molecule has 1 aromatic carbocycles. The van der Waals surface area contributed by atoms with Crippen LogP contribution in [-0.4, -0.2) is 59.0 Å². The Hall–Kier alpha value is -2.52. The molecule has 9 heteroatoms. The molecular formula is C23H32FN5O3. The molecule has 1 N–H and O–H groups in total. The molecule has 0 aliphatic carbocycles. The number of methoxy groups -OCH3 is 1. The molecule has 8 nitrogen and oxygen atoms in total. The Morgan fingerprint density at radius 3 is 2.88 bits per heavy atom. The van der Waals surface area contributed by atoms with E-state index in [1.54, 1.807) is 12.1 Å². The van der Waals surface area contributed by atoms with Gasteiger partial charge < -0.3 is 19.4 Å². The normalized spacial score (nSPS) is 20.1. The van der Waals surface area contributed by atoms with Crippen molar-refractivity contribution in [3.05, 3.63) is 41.2 Å². The number of carbonyl (C=O) groups excluding carboxylic acids is 1. The van der Waals surface area contributed by atoms with E-state index in [-0.39, 0.29) is 35.4 Å². The largest absolute Gasteiger partial charge is 0.494 e. The Kier molecular flexibility index (Phi) is 7.05. The molecular weight excluding hydrogens is 413 g/mol. The van der Waals surface area contributed by atoms with E-state index in [1.807, 2.05) is 0 Å². The first-order valence-corrected chi connectivity index (χ1v) is 11.3. The fourth-order valence-electron chi connectivity index (χ4n) is 4.38. The van der Waals surface area contributed by atoms with E-state index < -0.39 is 0 Å². The van der Waals surface area contributed by atoms with Gasteiger partial charge in [-0.3, -0.25) is 9.69 Å². The van der Waals surface area contributed by atoms with Crippen LogP contribution in [0.3, 0.4) is 0 Å². The topological polar surface area (TPSA) is 81.5 Å². The number of fused-ring (bicyclic) bond motifs is 1. The van der Waals surface area contributed by atoms with Crippen LogP contribution in [0.5, 0.6) is 5.75 Å². The number of hydrogen-bond donors (Lipinski definition) is 1. The smallest absolute Gasteiger partial charge is 0.226 e. The lowest BCUT2D eigenvalue weighted by atomic mass is 10.0. The predicted molar refractivity (Wildman–Crippen MR) is 117 cm³/mol. The van der Waals surface area contributed by atoms with Gasteiger partial charge in [0.25, 0.3) is 0 Å². The molecule has 1 amide bonds. The number of nitrogens with zero attached hydrogens (tertiary/aromatic N) is 4. The van der Waals surface area contributed by atoms with Crippen LogP contribution in [0.4, 0.5) is 4.39 Å². The predicted octanol–water partition coefficient (Wildman–Crippen LogP) is 2.33. The van der Waals surface area contributed by atoms with Gasteiger partial charge in [-0.15, -0.1) is 10.2 Å². The lowest BCUT2D eigenvalue weighted by Gasteiger charge is -2.24. The summed E-state index contributed by atoms with van der Waals surface area (Å²) in [6, 6.07) is 4.80. The second kappa shape index (κ2) is 9.95. The summed E-state index contributed by atoms with van der Waals surface area (Å²) in [7, 11) is 1.48. The molecule has 0 bridgehead atoms. The average Bonchev–Trinajstić information content (AvgIpc) is 3.41. The summed E-state index contributed by atoms with van der Waals surface area (Å²) in [6.45, 7) is 8.38. The fourth-order valence-corrected chi connectivity index (χ4v) is 4.38. The first kappa shape index (κ1) is 22.7. The third kappa shape index (κ3) is 4.94. The van der Waals surface area contributed by atoms with E-state index in [0.717, 1.165) is 49.7 Å². The summed E-state index contributed by atoms with van der Waals surface area (Å²) in [6.07, 6.45) is 1.53. The third-order valence-corrected chi connectivity index (χ3v) is 6.31. The molecule has 32 heavy (non-hydrogen) atoms. The quantitative estimate of drug-likeness (QED) is 0.705. The van der Waals surface area contributed by atoms with Crippen molar-refractivity contribution in [2.24, 2.45) is 11.8 Å². The Balaban J connectivity index is 1.45. The van der Waals surface area contributed by atoms with Crippen molar-refractivity contribution in [2.75, 3.05) is 33.4 Å². The van der Waals surface area contributed by atoms with Crippen molar-refractivity contribution in [1.82, 2.24) is 25.0 Å². The maximum Gasteiger partial charge on any atom is 0.226 e. The Morgan fingerprint density at radius 1 is 1.31 bits per heavy atom. The minimum absolute atomic E-state index is 0.0269. The molecule has 0 radical (unpaired) electrons. The number of hydrogen-bond acceptors (Lipinski definition) is 6. The van der Waals surface area contributed by atoms with Crippen molar-refractivity contribution >= 4 is 5.91 Å². The number of halogens is 1. The zero-order chi connectivity index (χ0) is 22.7. The van der Waals surface area contributed by atoms with Crippen molar-refractivity contribution < 1.29 is 18.7 Å². The van der Waals surface area contributed by atoms with Gasteiger partial charge in [0.15, 0.2) is 17.4 Å². The van der Waals surface area contributed by atoms with Gasteiger partial charge >= 0.3 is 0 Å². The summed E-state index contributed by atoms with van der Waals surface area (Å²) in [5.74, 6) is 1.77. The van der Waals surface area contributed by atoms with Crippen LogP contribution in [0.2, 0.25) is 0 Å². The van der Waals surface area contributed by atoms with Gasteiger partial charge in [-0.05, 0) is 30.0 Å². The van der Waals surface area contributed by atoms with E-state index >= 15 is 0 Å². The average molecular weight is 446 g/mol. The van der Waals surface area contributed by atoms with Gasteiger partial charge in [-0.2, -0.15) is 0 Å². The molecule has 0 saturated carbocycles. The van der Waals surface area contributed by atoms with E-state index in [4.69, 9.17) is 9.47 Å². The molecule has 0 spiro atoms. The van der Waals surface area contributed by atoms with Crippen molar-refractivity contribution in [1.29, 1.82) is 0 Å². The zero-order valence-electron chi connectivity index (χ0n) is 19.0. The van der Waals surface area contributed by atoms with Crippen molar-refractivity contribution in [2.45, 2.75) is 45.8 Å². The molecule has 2 unspecified atom stereocenters. The minimum Gasteiger partial charge on any atom is -0.494 e.